The number of halogens is 14. The van der Waals surface area contributed by atoms with Crippen molar-refractivity contribution in [1.82, 2.24) is 0 Å². The molecule has 62 heavy (non-hydrogen) atoms. The van der Waals surface area contributed by atoms with Crippen LogP contribution < -0.4 is 18.9 Å². The predicted molar refractivity (Wildman–Crippen MR) is 196 cm³/mol. The number of hydrogen-bond donors (Lipinski definition) is 0. The van der Waals surface area contributed by atoms with Crippen LogP contribution in [-0.4, -0.2) is 13.2 Å². The summed E-state index contributed by atoms with van der Waals surface area (Å²) in [7, 11) is 0. The van der Waals surface area contributed by atoms with Gasteiger partial charge in [-0.15, -0.1) is 0 Å². The summed E-state index contributed by atoms with van der Waals surface area (Å²) in [4.78, 5) is 0. The summed E-state index contributed by atoms with van der Waals surface area (Å²) < 4.78 is 224. The van der Waals surface area contributed by atoms with Gasteiger partial charge in [-0.3, -0.25) is 0 Å². The summed E-state index contributed by atoms with van der Waals surface area (Å²) in [6.07, 6.45) is -8.79. The van der Waals surface area contributed by atoms with Gasteiger partial charge in [-0.05, 0) is 83.6 Å². The first-order chi connectivity index (χ1) is 29.2. The van der Waals surface area contributed by atoms with Crippen molar-refractivity contribution in [3.8, 4) is 56.4 Å². The average Bonchev–Trinajstić information content (AvgIpc) is 3.19. The molecule has 0 saturated carbocycles. The van der Waals surface area contributed by atoms with Crippen molar-refractivity contribution in [1.29, 1.82) is 0 Å². The molecule has 18 heteroatoms. The minimum atomic E-state index is -4.88. The molecule has 4 nitrogen and oxygen atoms in total. The van der Waals surface area contributed by atoms with Crippen LogP contribution >= 0.6 is 0 Å². The van der Waals surface area contributed by atoms with Crippen LogP contribution in [0, 0.1) is 58.2 Å². The van der Waals surface area contributed by atoms with Crippen molar-refractivity contribution in [3.05, 3.63) is 154 Å². The maximum Gasteiger partial charge on any atom is 0.432 e. The Labute approximate surface area is 342 Å². The third-order valence-corrected chi connectivity index (χ3v) is 8.91. The molecule has 0 saturated heterocycles. The SMILES string of the molecule is CCCOc1ccc(-c2cc(F)c(C(F)(F)Oc3cc(F)c(F)c(F)c3)c(F)c2)cc1-c1cc(-c2cc(F)c(C(F)(F)Oc3cc(F)c(F)c(F)c3)c(F)c2)ccc1OCCC. The molecule has 0 aliphatic carbocycles. The van der Waals surface area contributed by atoms with Gasteiger partial charge in [-0.2, -0.15) is 17.6 Å². The monoisotopic (exact) mass is 886 g/mol. The van der Waals surface area contributed by atoms with Crippen LogP contribution in [0.5, 0.6) is 23.0 Å². The molecule has 0 aliphatic rings. The fourth-order valence-corrected chi connectivity index (χ4v) is 6.13. The fraction of sp³-hybridized carbons (Fsp3) is 0.182. The smallest absolute Gasteiger partial charge is 0.432 e. The van der Waals surface area contributed by atoms with Crippen LogP contribution in [0.4, 0.5) is 61.5 Å². The zero-order valence-corrected chi connectivity index (χ0v) is 31.8. The van der Waals surface area contributed by atoms with Crippen LogP contribution in [0.3, 0.4) is 0 Å². The molecule has 0 radical (unpaired) electrons. The minimum absolute atomic E-state index is 0.0171. The lowest BCUT2D eigenvalue weighted by Crippen LogP contribution is -2.25. The van der Waals surface area contributed by atoms with Crippen molar-refractivity contribution >= 4 is 0 Å². The summed E-state index contributed by atoms with van der Waals surface area (Å²) >= 11 is 0. The van der Waals surface area contributed by atoms with Crippen LogP contribution in [0.25, 0.3) is 33.4 Å². The molecule has 326 valence electrons. The Morgan fingerprint density at radius 1 is 0.387 bits per heavy atom. The molecule has 0 unspecified atom stereocenters. The van der Waals surface area contributed by atoms with E-state index in [4.69, 9.17) is 9.47 Å². The largest absolute Gasteiger partial charge is 0.493 e. The Hall–Kier alpha value is -6.46. The van der Waals surface area contributed by atoms with Gasteiger partial charge in [-0.1, -0.05) is 26.0 Å². The minimum Gasteiger partial charge on any atom is -0.493 e. The number of rotatable bonds is 15. The summed E-state index contributed by atoms with van der Waals surface area (Å²) in [6.45, 7) is 3.80. The van der Waals surface area contributed by atoms with E-state index in [0.717, 1.165) is 0 Å². The Morgan fingerprint density at radius 2 is 0.694 bits per heavy atom. The highest BCUT2D eigenvalue weighted by atomic mass is 19.3. The lowest BCUT2D eigenvalue weighted by atomic mass is 9.93. The van der Waals surface area contributed by atoms with E-state index in [-0.39, 0.29) is 82.4 Å². The first kappa shape index (κ1) is 45.1. The Balaban J connectivity index is 1.41. The third-order valence-electron chi connectivity index (χ3n) is 8.91. The molecule has 0 spiro atoms. The van der Waals surface area contributed by atoms with Gasteiger partial charge in [0.25, 0.3) is 0 Å². The van der Waals surface area contributed by atoms with Gasteiger partial charge >= 0.3 is 12.2 Å². The highest BCUT2D eigenvalue weighted by Crippen LogP contribution is 2.44. The van der Waals surface area contributed by atoms with Crippen LogP contribution in [-0.2, 0) is 12.2 Å². The van der Waals surface area contributed by atoms with Crippen LogP contribution in [0.15, 0.2) is 84.9 Å². The third kappa shape index (κ3) is 9.38. The molecule has 6 aromatic carbocycles. The number of alkyl halides is 4. The number of hydrogen-bond acceptors (Lipinski definition) is 4. The summed E-state index contributed by atoms with van der Waals surface area (Å²) in [5, 5.41) is 0. The van der Waals surface area contributed by atoms with Gasteiger partial charge in [0, 0.05) is 35.4 Å². The molecular formula is C44H28F14O4. The van der Waals surface area contributed by atoms with Crippen molar-refractivity contribution in [3.63, 3.8) is 0 Å². The first-order valence-corrected chi connectivity index (χ1v) is 18.2. The zero-order valence-electron chi connectivity index (χ0n) is 31.8. The molecule has 6 aromatic rings. The molecule has 6 rings (SSSR count). The molecule has 0 aliphatic heterocycles. The normalized spacial score (nSPS) is 11.8. The van der Waals surface area contributed by atoms with E-state index in [2.05, 4.69) is 9.47 Å². The van der Waals surface area contributed by atoms with Crippen molar-refractivity contribution < 1.29 is 80.4 Å². The van der Waals surface area contributed by atoms with Crippen LogP contribution in [0.2, 0.25) is 0 Å². The maximum atomic E-state index is 15.4. The van der Waals surface area contributed by atoms with Gasteiger partial charge in [0.2, 0.25) is 0 Å². The Kier molecular flexibility index (Phi) is 13.0. The van der Waals surface area contributed by atoms with Gasteiger partial charge in [0.15, 0.2) is 34.9 Å². The Morgan fingerprint density at radius 3 is 0.984 bits per heavy atom. The number of benzene rings is 6. The average molecular weight is 887 g/mol. The molecule has 0 N–H and O–H groups in total. The topological polar surface area (TPSA) is 36.9 Å². The second-order valence-electron chi connectivity index (χ2n) is 13.4. The molecule has 0 bridgehead atoms. The van der Waals surface area contributed by atoms with E-state index >= 15 is 35.1 Å². The van der Waals surface area contributed by atoms with Gasteiger partial charge in [0.1, 0.15) is 57.4 Å². The Bertz CT molecular complexity index is 2380. The van der Waals surface area contributed by atoms with Crippen molar-refractivity contribution in [2.24, 2.45) is 0 Å². The van der Waals surface area contributed by atoms with E-state index in [1.54, 1.807) is 13.8 Å². The highest BCUT2D eigenvalue weighted by Gasteiger charge is 2.43. The van der Waals surface area contributed by atoms with Gasteiger partial charge in [0.05, 0.1) is 13.2 Å². The molecule has 0 heterocycles. The van der Waals surface area contributed by atoms with E-state index in [9.17, 15) is 26.3 Å². The van der Waals surface area contributed by atoms with E-state index < -0.39 is 93.0 Å². The second-order valence-corrected chi connectivity index (χ2v) is 13.4. The predicted octanol–water partition coefficient (Wildman–Crippen LogP) is 13.9. The van der Waals surface area contributed by atoms with Crippen molar-refractivity contribution in [2.45, 2.75) is 38.9 Å². The van der Waals surface area contributed by atoms with E-state index in [0.29, 0.717) is 37.1 Å². The summed E-state index contributed by atoms with van der Waals surface area (Å²) in [6, 6.07) is 10.2. The standard InChI is InChI=1S/C44H28F14O4/c1-3-9-59-37-7-5-21(23-13-29(45)39(30(46)14-23)43(55,56)61-25-17-33(49)41(53)34(50)18-25)11-27(37)28-12-22(6-8-38(28)60-10-4-2)24-15-31(47)40(32(48)16-24)44(57,58)62-26-19-35(51)42(54)36(52)20-26/h5-8,11-20H,3-4,9-10H2,1-2H3. The second kappa shape index (κ2) is 17.9. The molecule has 0 fully saturated rings. The highest BCUT2D eigenvalue weighted by molar-refractivity contribution is 5.84. The van der Waals surface area contributed by atoms with E-state index in [1.165, 1.54) is 36.4 Å². The lowest BCUT2D eigenvalue weighted by molar-refractivity contribution is -0.190. The molecule has 0 amide bonds. The van der Waals surface area contributed by atoms with Gasteiger partial charge in [-0.25, -0.2) is 43.9 Å². The summed E-state index contributed by atoms with van der Waals surface area (Å²) in [5.41, 5.74) is -4.35. The van der Waals surface area contributed by atoms with Gasteiger partial charge < -0.3 is 18.9 Å². The maximum absolute atomic E-state index is 15.4. The molecule has 0 aromatic heterocycles. The fourth-order valence-electron chi connectivity index (χ4n) is 6.13. The van der Waals surface area contributed by atoms with Crippen LogP contribution in [0.1, 0.15) is 37.8 Å². The number of ether oxygens (including phenoxy) is 4. The quantitative estimate of drug-likeness (QED) is 0.0760. The lowest BCUT2D eigenvalue weighted by Gasteiger charge is -2.21. The van der Waals surface area contributed by atoms with E-state index in [1.807, 2.05) is 0 Å². The molecule has 0 atom stereocenters. The van der Waals surface area contributed by atoms with Crippen molar-refractivity contribution in [2.75, 3.05) is 13.2 Å². The first-order valence-electron chi connectivity index (χ1n) is 18.2. The summed E-state index contributed by atoms with van der Waals surface area (Å²) in [5.74, 6) is -21.4. The zero-order chi connectivity index (χ0) is 45.3. The molecular weight excluding hydrogens is 858 g/mol.